The molecular weight excluding hydrogens is 334 g/mol. The van der Waals surface area contributed by atoms with E-state index in [1.54, 1.807) is 0 Å². The molecule has 0 unspecified atom stereocenters. The van der Waals surface area contributed by atoms with E-state index >= 15 is 0 Å². The number of unbranched alkanes of at least 4 members (excludes halogenated alkanes) is 11. The fraction of sp³-hybridized carbons (Fsp3) is 0.864. The Morgan fingerprint density at radius 3 is 1.88 bits per heavy atom. The summed E-state index contributed by atoms with van der Waals surface area (Å²) >= 11 is 0. The van der Waals surface area contributed by atoms with Crippen LogP contribution in [0.3, 0.4) is 0 Å². The summed E-state index contributed by atoms with van der Waals surface area (Å²) in [7, 11) is 0. The summed E-state index contributed by atoms with van der Waals surface area (Å²) in [5.74, 6) is -3.09. The second-order valence-corrected chi connectivity index (χ2v) is 7.24. The van der Waals surface area contributed by atoms with Crippen LogP contribution in [-0.2, 0) is 9.53 Å². The summed E-state index contributed by atoms with van der Waals surface area (Å²) < 4.78 is 32.4. The molecule has 0 aromatic carbocycles. The number of alkyl halides is 2. The Bertz CT molecular complexity index is 354. The lowest BCUT2D eigenvalue weighted by atomic mass is 10.1. The van der Waals surface area contributed by atoms with E-state index < -0.39 is 5.92 Å². The third-order valence-corrected chi connectivity index (χ3v) is 4.55. The van der Waals surface area contributed by atoms with Crippen LogP contribution < -0.4 is 0 Å². The largest absolute Gasteiger partial charge is 0.461 e. The van der Waals surface area contributed by atoms with Gasteiger partial charge in [0.15, 0.2) is 0 Å². The fourth-order valence-corrected chi connectivity index (χ4v) is 2.88. The molecule has 0 N–H and O–H groups in total. The van der Waals surface area contributed by atoms with E-state index in [0.717, 1.165) is 44.6 Å². The number of hydrogen-bond acceptors (Lipinski definition) is 2. The van der Waals surface area contributed by atoms with Crippen molar-refractivity contribution in [1.82, 2.24) is 0 Å². The first-order valence-corrected chi connectivity index (χ1v) is 10.7. The summed E-state index contributed by atoms with van der Waals surface area (Å²) in [6.07, 6.45) is 16.3. The molecule has 2 nitrogen and oxygen atoms in total. The molecule has 0 atom stereocenters. The van der Waals surface area contributed by atoms with E-state index in [9.17, 15) is 13.6 Å². The molecule has 0 aliphatic heterocycles. The average molecular weight is 375 g/mol. The maximum atomic E-state index is 13.7. The third-order valence-electron chi connectivity index (χ3n) is 4.55. The van der Waals surface area contributed by atoms with Crippen LogP contribution in [0.1, 0.15) is 110 Å². The number of allylic oxidation sites excluding steroid dienone is 1. The number of halogens is 2. The van der Waals surface area contributed by atoms with E-state index in [-0.39, 0.29) is 19.0 Å². The lowest BCUT2D eigenvalue weighted by Crippen LogP contribution is -2.12. The Balaban J connectivity index is 3.62. The Kier molecular flexibility index (Phi) is 16.9. The van der Waals surface area contributed by atoms with Crippen LogP contribution in [0.4, 0.5) is 8.78 Å². The van der Waals surface area contributed by atoms with Crippen molar-refractivity contribution in [2.45, 2.75) is 116 Å². The number of carbonyl (C=O) groups excluding carboxylic acids is 1. The summed E-state index contributed by atoms with van der Waals surface area (Å²) in [5.41, 5.74) is 0. The van der Waals surface area contributed by atoms with E-state index in [4.69, 9.17) is 4.74 Å². The van der Waals surface area contributed by atoms with Gasteiger partial charge >= 0.3 is 5.97 Å². The van der Waals surface area contributed by atoms with Crippen molar-refractivity contribution in [3.63, 3.8) is 0 Å². The van der Waals surface area contributed by atoms with Crippen LogP contribution in [0.2, 0.25) is 0 Å². The molecule has 0 bridgehead atoms. The van der Waals surface area contributed by atoms with Gasteiger partial charge in [-0.1, -0.05) is 84.5 Å². The van der Waals surface area contributed by atoms with Gasteiger partial charge in [-0.3, -0.25) is 4.79 Å². The molecule has 0 spiro atoms. The second kappa shape index (κ2) is 17.5. The zero-order valence-electron chi connectivity index (χ0n) is 17.0. The highest BCUT2D eigenvalue weighted by Gasteiger charge is 2.23. The number of hydrogen-bond donors (Lipinski definition) is 0. The quantitative estimate of drug-likeness (QED) is 0.140. The maximum absolute atomic E-state index is 13.7. The highest BCUT2D eigenvalue weighted by Crippen LogP contribution is 2.23. The average Bonchev–Trinajstić information content (AvgIpc) is 2.61. The van der Waals surface area contributed by atoms with Crippen LogP contribution in [0.15, 0.2) is 12.2 Å². The van der Waals surface area contributed by atoms with Crippen molar-refractivity contribution in [2.24, 2.45) is 0 Å². The van der Waals surface area contributed by atoms with Gasteiger partial charge in [0.2, 0.25) is 0 Å². The number of ether oxygens (including phenoxy) is 1. The monoisotopic (exact) mass is 374 g/mol. The van der Waals surface area contributed by atoms with Crippen molar-refractivity contribution < 1.29 is 18.3 Å². The van der Waals surface area contributed by atoms with Gasteiger partial charge in [-0.2, -0.15) is 0 Å². The van der Waals surface area contributed by atoms with Gasteiger partial charge in [-0.25, -0.2) is 8.78 Å². The molecule has 4 heteroatoms. The summed E-state index contributed by atoms with van der Waals surface area (Å²) in [5, 5.41) is 0. The lowest BCUT2D eigenvalue weighted by Gasteiger charge is -2.11. The van der Waals surface area contributed by atoms with Crippen LogP contribution >= 0.6 is 0 Å². The Labute approximate surface area is 159 Å². The van der Waals surface area contributed by atoms with E-state index in [1.165, 1.54) is 44.6 Å². The van der Waals surface area contributed by atoms with E-state index in [0.29, 0.717) is 12.8 Å². The van der Waals surface area contributed by atoms with Gasteiger partial charge in [0.1, 0.15) is 6.61 Å². The summed E-state index contributed by atoms with van der Waals surface area (Å²) in [6, 6.07) is 0. The van der Waals surface area contributed by atoms with E-state index in [2.05, 4.69) is 13.8 Å². The molecule has 0 aliphatic carbocycles. The van der Waals surface area contributed by atoms with Crippen molar-refractivity contribution >= 4 is 5.97 Å². The van der Waals surface area contributed by atoms with Gasteiger partial charge in [0.25, 0.3) is 5.92 Å². The van der Waals surface area contributed by atoms with E-state index in [1.807, 2.05) is 0 Å². The SMILES string of the molecule is CCCCCCCCCC(F)(F)/C=C\COC(=O)CCCCCCCC. The molecule has 0 heterocycles. The Hall–Kier alpha value is -0.930. The number of esters is 1. The standard InChI is InChI=1S/C22H40F2O2/c1-3-5-7-9-11-13-15-18-22(23,24)19-16-20-26-21(25)17-14-12-10-8-6-4-2/h16,19H,3-15,17-18,20H2,1-2H3/b19-16-. The van der Waals surface area contributed by atoms with Crippen LogP contribution in [-0.4, -0.2) is 18.5 Å². The van der Waals surface area contributed by atoms with Crippen LogP contribution in [0.25, 0.3) is 0 Å². The number of carbonyl (C=O) groups is 1. The van der Waals surface area contributed by atoms with Crippen molar-refractivity contribution in [3.8, 4) is 0 Å². The molecule has 0 aliphatic rings. The van der Waals surface area contributed by atoms with Crippen LogP contribution in [0, 0.1) is 0 Å². The Morgan fingerprint density at radius 1 is 0.808 bits per heavy atom. The van der Waals surface area contributed by atoms with Gasteiger partial charge in [0.05, 0.1) is 0 Å². The van der Waals surface area contributed by atoms with Crippen LogP contribution in [0.5, 0.6) is 0 Å². The highest BCUT2D eigenvalue weighted by molar-refractivity contribution is 5.69. The predicted molar refractivity (Wildman–Crippen MR) is 106 cm³/mol. The molecule has 0 amide bonds. The van der Waals surface area contributed by atoms with Crippen molar-refractivity contribution in [3.05, 3.63) is 12.2 Å². The third kappa shape index (κ3) is 17.9. The fourth-order valence-electron chi connectivity index (χ4n) is 2.88. The molecule has 0 aromatic heterocycles. The topological polar surface area (TPSA) is 26.3 Å². The minimum atomic E-state index is -2.80. The number of rotatable bonds is 18. The van der Waals surface area contributed by atoms with Crippen molar-refractivity contribution in [2.75, 3.05) is 6.61 Å². The zero-order chi connectivity index (χ0) is 19.5. The molecule has 0 saturated carbocycles. The maximum Gasteiger partial charge on any atom is 0.306 e. The predicted octanol–water partition coefficient (Wildman–Crippen LogP) is 7.61. The zero-order valence-corrected chi connectivity index (χ0v) is 17.0. The molecule has 0 rings (SSSR count). The Morgan fingerprint density at radius 2 is 1.31 bits per heavy atom. The van der Waals surface area contributed by atoms with Gasteiger partial charge in [-0.15, -0.1) is 0 Å². The smallest absolute Gasteiger partial charge is 0.306 e. The first kappa shape index (κ1) is 25.1. The molecule has 0 radical (unpaired) electrons. The second-order valence-electron chi connectivity index (χ2n) is 7.24. The van der Waals surface area contributed by atoms with Gasteiger partial charge < -0.3 is 4.74 Å². The molecule has 26 heavy (non-hydrogen) atoms. The minimum absolute atomic E-state index is 0.0543. The molecule has 0 aromatic rings. The first-order chi connectivity index (χ1) is 12.5. The molecule has 0 fully saturated rings. The van der Waals surface area contributed by atoms with Gasteiger partial charge in [-0.05, 0) is 25.0 Å². The minimum Gasteiger partial charge on any atom is -0.461 e. The van der Waals surface area contributed by atoms with Crippen molar-refractivity contribution in [1.29, 1.82) is 0 Å². The highest BCUT2D eigenvalue weighted by atomic mass is 19.3. The summed E-state index contributed by atoms with van der Waals surface area (Å²) in [6.45, 7) is 4.28. The van der Waals surface area contributed by atoms with Gasteiger partial charge in [0, 0.05) is 12.8 Å². The first-order valence-electron chi connectivity index (χ1n) is 10.7. The molecular formula is C22H40F2O2. The normalized spacial score (nSPS) is 12.0. The summed E-state index contributed by atoms with van der Waals surface area (Å²) in [4.78, 5) is 11.5. The molecule has 154 valence electrons. The molecule has 0 saturated heterocycles. The lowest BCUT2D eigenvalue weighted by molar-refractivity contribution is -0.142.